The summed E-state index contributed by atoms with van der Waals surface area (Å²) in [6.07, 6.45) is 7.88. The minimum absolute atomic E-state index is 0.209. The maximum absolute atomic E-state index is 5.75. The monoisotopic (exact) mass is 259 g/mol. The van der Waals surface area contributed by atoms with Gasteiger partial charge in [0.15, 0.2) is 5.79 Å². The molecule has 1 atom stereocenters. The Morgan fingerprint density at radius 1 is 1.29 bits per heavy atom. The highest BCUT2D eigenvalue weighted by atomic mass is 32.2. The van der Waals surface area contributed by atoms with Gasteiger partial charge in [0.2, 0.25) is 0 Å². The Labute approximate surface area is 109 Å². The normalized spacial score (nSPS) is 26.5. The van der Waals surface area contributed by atoms with Gasteiger partial charge in [-0.25, -0.2) is 0 Å². The Kier molecular flexibility index (Phi) is 5.15. The Morgan fingerprint density at radius 2 is 1.94 bits per heavy atom. The van der Waals surface area contributed by atoms with Gasteiger partial charge in [0.25, 0.3) is 0 Å². The summed E-state index contributed by atoms with van der Waals surface area (Å²) in [6, 6.07) is 1.32. The highest BCUT2D eigenvalue weighted by Gasteiger charge is 2.40. The van der Waals surface area contributed by atoms with Crippen LogP contribution in [-0.2, 0) is 9.47 Å². The van der Waals surface area contributed by atoms with Crippen molar-refractivity contribution in [3.05, 3.63) is 0 Å². The molecule has 3 nitrogen and oxygen atoms in total. The fourth-order valence-corrected chi connectivity index (χ4v) is 3.56. The molecule has 0 radical (unpaired) electrons. The Bertz CT molecular complexity index is 221. The molecule has 17 heavy (non-hydrogen) atoms. The highest BCUT2D eigenvalue weighted by Crippen LogP contribution is 2.35. The van der Waals surface area contributed by atoms with Gasteiger partial charge in [0.1, 0.15) is 0 Å². The molecule has 0 aromatic carbocycles. The van der Waals surface area contributed by atoms with Gasteiger partial charge < -0.3 is 14.8 Å². The minimum atomic E-state index is -0.209. The summed E-state index contributed by atoms with van der Waals surface area (Å²) in [5.41, 5.74) is 0. The number of nitrogens with one attached hydrogen (secondary N) is 1. The smallest absolute Gasteiger partial charge is 0.168 e. The summed E-state index contributed by atoms with van der Waals surface area (Å²) in [5.74, 6) is 1.00. The number of rotatable bonds is 5. The summed E-state index contributed by atoms with van der Waals surface area (Å²) in [6.45, 7) is 3.83. The topological polar surface area (TPSA) is 30.5 Å². The maximum atomic E-state index is 5.75. The van der Waals surface area contributed by atoms with Gasteiger partial charge in [-0.2, -0.15) is 11.8 Å². The zero-order valence-corrected chi connectivity index (χ0v) is 11.9. The molecule has 1 N–H and O–H groups in total. The van der Waals surface area contributed by atoms with Crippen molar-refractivity contribution in [3.63, 3.8) is 0 Å². The summed E-state index contributed by atoms with van der Waals surface area (Å²) in [7, 11) is 0. The van der Waals surface area contributed by atoms with Crippen LogP contribution in [0.5, 0.6) is 0 Å². The molecule has 0 amide bonds. The van der Waals surface area contributed by atoms with Crippen molar-refractivity contribution in [1.29, 1.82) is 0 Å². The van der Waals surface area contributed by atoms with Crippen LogP contribution in [-0.4, -0.2) is 43.1 Å². The van der Waals surface area contributed by atoms with Gasteiger partial charge in [-0.3, -0.25) is 0 Å². The van der Waals surface area contributed by atoms with Crippen molar-refractivity contribution >= 4 is 11.8 Å². The molecule has 0 aromatic rings. The van der Waals surface area contributed by atoms with Crippen molar-refractivity contribution in [2.24, 2.45) is 0 Å². The van der Waals surface area contributed by atoms with Crippen LogP contribution in [0.2, 0.25) is 0 Å². The van der Waals surface area contributed by atoms with E-state index in [4.69, 9.17) is 9.47 Å². The quantitative estimate of drug-likeness (QED) is 0.821. The van der Waals surface area contributed by atoms with E-state index in [1.165, 1.54) is 25.0 Å². The zero-order chi connectivity index (χ0) is 12.1. The molecule has 0 aromatic heterocycles. The summed E-state index contributed by atoms with van der Waals surface area (Å²) in [5, 5.41) is 3.78. The first-order valence-electron chi connectivity index (χ1n) is 6.81. The van der Waals surface area contributed by atoms with E-state index >= 15 is 0 Å². The van der Waals surface area contributed by atoms with Crippen LogP contribution in [0.4, 0.5) is 0 Å². The summed E-state index contributed by atoms with van der Waals surface area (Å²) < 4.78 is 11.5. The Hall–Kier alpha value is 0.230. The number of thioether (sulfide) groups is 1. The standard InChI is InChI=1S/C13H25NO2S/c1-3-11(10-17-2)14-12-4-6-13(7-5-12)15-8-9-16-13/h11-12,14H,3-10H2,1-2H3. The largest absolute Gasteiger partial charge is 0.348 e. The van der Waals surface area contributed by atoms with Crippen LogP contribution in [0.15, 0.2) is 0 Å². The van der Waals surface area contributed by atoms with Crippen molar-refractivity contribution in [3.8, 4) is 0 Å². The maximum Gasteiger partial charge on any atom is 0.168 e. The van der Waals surface area contributed by atoms with Crippen LogP contribution in [0.3, 0.4) is 0 Å². The molecular weight excluding hydrogens is 234 g/mol. The first-order chi connectivity index (χ1) is 8.28. The summed E-state index contributed by atoms with van der Waals surface area (Å²) in [4.78, 5) is 0. The predicted molar refractivity (Wildman–Crippen MR) is 72.5 cm³/mol. The second-order valence-corrected chi connectivity index (χ2v) is 6.02. The molecule has 1 saturated carbocycles. The van der Waals surface area contributed by atoms with Gasteiger partial charge in [-0.1, -0.05) is 6.92 Å². The van der Waals surface area contributed by atoms with E-state index in [2.05, 4.69) is 18.5 Å². The molecule has 0 bridgehead atoms. The number of ether oxygens (including phenoxy) is 2. The Balaban J connectivity index is 1.74. The van der Waals surface area contributed by atoms with Gasteiger partial charge in [-0.15, -0.1) is 0 Å². The average Bonchev–Trinajstić information content (AvgIpc) is 2.80. The van der Waals surface area contributed by atoms with E-state index in [0.717, 1.165) is 26.1 Å². The predicted octanol–water partition coefficient (Wildman–Crippen LogP) is 2.40. The average molecular weight is 259 g/mol. The molecule has 1 saturated heterocycles. The lowest BCUT2D eigenvalue weighted by Gasteiger charge is -2.37. The van der Waals surface area contributed by atoms with Crippen molar-refractivity contribution in [2.75, 3.05) is 25.2 Å². The van der Waals surface area contributed by atoms with Gasteiger partial charge in [0.05, 0.1) is 13.2 Å². The van der Waals surface area contributed by atoms with Crippen molar-refractivity contribution in [2.45, 2.75) is 56.9 Å². The van der Waals surface area contributed by atoms with E-state index in [1.54, 1.807) is 0 Å². The highest BCUT2D eigenvalue weighted by molar-refractivity contribution is 7.98. The molecule has 4 heteroatoms. The third-order valence-electron chi connectivity index (χ3n) is 3.89. The lowest BCUT2D eigenvalue weighted by atomic mass is 9.89. The van der Waals surface area contributed by atoms with E-state index in [9.17, 15) is 0 Å². The number of hydrogen-bond donors (Lipinski definition) is 1. The zero-order valence-electron chi connectivity index (χ0n) is 11.0. The molecule has 2 fully saturated rings. The van der Waals surface area contributed by atoms with Crippen LogP contribution in [0.25, 0.3) is 0 Å². The van der Waals surface area contributed by atoms with Gasteiger partial charge >= 0.3 is 0 Å². The molecule has 2 aliphatic rings. The minimum Gasteiger partial charge on any atom is -0.348 e. The van der Waals surface area contributed by atoms with Crippen LogP contribution < -0.4 is 5.32 Å². The second kappa shape index (κ2) is 6.41. The first-order valence-corrected chi connectivity index (χ1v) is 8.20. The van der Waals surface area contributed by atoms with E-state index in [0.29, 0.717) is 12.1 Å². The van der Waals surface area contributed by atoms with E-state index in [1.807, 2.05) is 11.8 Å². The second-order valence-electron chi connectivity index (χ2n) is 5.11. The third-order valence-corrected chi connectivity index (χ3v) is 4.63. The molecule has 1 heterocycles. The molecule has 1 aliphatic heterocycles. The molecule has 1 spiro atoms. The van der Waals surface area contributed by atoms with E-state index < -0.39 is 0 Å². The molecule has 1 unspecified atom stereocenters. The number of hydrogen-bond acceptors (Lipinski definition) is 4. The van der Waals surface area contributed by atoms with Gasteiger partial charge in [-0.05, 0) is 25.5 Å². The van der Waals surface area contributed by atoms with Crippen LogP contribution >= 0.6 is 11.8 Å². The fourth-order valence-electron chi connectivity index (χ4n) is 2.83. The summed E-state index contributed by atoms with van der Waals surface area (Å²) >= 11 is 1.93. The Morgan fingerprint density at radius 3 is 2.47 bits per heavy atom. The SMILES string of the molecule is CCC(CSC)NC1CCC2(CC1)OCCO2. The fraction of sp³-hybridized carbons (Fsp3) is 1.00. The van der Waals surface area contributed by atoms with Crippen molar-refractivity contribution in [1.82, 2.24) is 5.32 Å². The third kappa shape index (κ3) is 3.60. The molecular formula is C13H25NO2S. The van der Waals surface area contributed by atoms with Crippen LogP contribution in [0.1, 0.15) is 39.0 Å². The molecule has 1 aliphatic carbocycles. The van der Waals surface area contributed by atoms with Gasteiger partial charge in [0, 0.05) is 30.7 Å². The van der Waals surface area contributed by atoms with Crippen LogP contribution in [0, 0.1) is 0 Å². The molecule has 2 rings (SSSR count). The van der Waals surface area contributed by atoms with Crippen molar-refractivity contribution < 1.29 is 9.47 Å². The lowest BCUT2D eigenvalue weighted by molar-refractivity contribution is -0.179. The lowest BCUT2D eigenvalue weighted by Crippen LogP contribution is -2.46. The van der Waals surface area contributed by atoms with E-state index in [-0.39, 0.29) is 5.79 Å². The first kappa shape index (κ1) is 13.7. The molecule has 100 valence electrons.